The van der Waals surface area contributed by atoms with Gasteiger partial charge in [-0.3, -0.25) is 0 Å². The highest BCUT2D eigenvalue weighted by atomic mass is 14.8. The van der Waals surface area contributed by atoms with E-state index in [1.807, 2.05) is 51.1 Å². The predicted octanol–water partition coefficient (Wildman–Crippen LogP) is 3.48. The first-order valence-corrected chi connectivity index (χ1v) is 6.19. The molecule has 0 spiro atoms. The zero-order chi connectivity index (χ0) is 13.0. The molecule has 0 heterocycles. The van der Waals surface area contributed by atoms with E-state index in [1.54, 1.807) is 0 Å². The van der Waals surface area contributed by atoms with Gasteiger partial charge in [0.25, 0.3) is 0 Å². The Morgan fingerprint density at radius 1 is 1.00 bits per heavy atom. The molecular formula is C14H28N2. The minimum absolute atomic E-state index is 0.0115. The molecule has 0 fully saturated rings. The fourth-order valence-electron chi connectivity index (χ4n) is 0.979. The molecule has 0 radical (unpaired) electrons. The molecule has 1 aromatic rings. The van der Waals surface area contributed by atoms with Crippen molar-refractivity contribution in [3.63, 3.8) is 0 Å². The maximum Gasteiger partial charge on any atom is 0.0445 e. The molecule has 0 amide bonds. The smallest absolute Gasteiger partial charge is 0.0445 e. The Morgan fingerprint density at radius 3 is 1.69 bits per heavy atom. The Hall–Kier alpha value is -0.860. The topological polar surface area (TPSA) is 52.0 Å². The van der Waals surface area contributed by atoms with Crippen molar-refractivity contribution in [2.45, 2.75) is 53.1 Å². The third kappa shape index (κ3) is 8.45. The van der Waals surface area contributed by atoms with Gasteiger partial charge < -0.3 is 11.5 Å². The molecule has 1 rings (SSSR count). The Kier molecular flexibility index (Phi) is 13.4. The van der Waals surface area contributed by atoms with Crippen LogP contribution in [0.1, 0.15) is 52.6 Å². The average molecular weight is 224 g/mol. The maximum atomic E-state index is 5.81. The van der Waals surface area contributed by atoms with E-state index in [-0.39, 0.29) is 12.1 Å². The van der Waals surface area contributed by atoms with Gasteiger partial charge in [-0.25, -0.2) is 0 Å². The summed E-state index contributed by atoms with van der Waals surface area (Å²) in [6.45, 7) is 10.2. The molecule has 2 atom stereocenters. The van der Waals surface area contributed by atoms with Crippen LogP contribution in [0, 0.1) is 0 Å². The van der Waals surface area contributed by atoms with Crippen molar-refractivity contribution in [2.75, 3.05) is 0 Å². The predicted molar refractivity (Wildman–Crippen MR) is 74.3 cm³/mol. The van der Waals surface area contributed by atoms with Crippen LogP contribution < -0.4 is 11.5 Å². The van der Waals surface area contributed by atoms with Crippen molar-refractivity contribution < 1.29 is 0 Å². The first-order chi connectivity index (χ1) is 7.63. The summed E-state index contributed by atoms with van der Waals surface area (Å²) in [7, 11) is 0. The van der Waals surface area contributed by atoms with E-state index >= 15 is 0 Å². The van der Waals surface area contributed by atoms with E-state index < -0.39 is 0 Å². The van der Waals surface area contributed by atoms with Crippen LogP contribution >= 0.6 is 0 Å². The Balaban J connectivity index is 0. The van der Waals surface area contributed by atoms with Gasteiger partial charge in [-0.2, -0.15) is 0 Å². The lowest BCUT2D eigenvalue weighted by Crippen LogP contribution is -2.30. The molecule has 2 nitrogen and oxygen atoms in total. The zero-order valence-electron chi connectivity index (χ0n) is 11.4. The molecule has 0 aliphatic carbocycles. The van der Waals surface area contributed by atoms with Crippen LogP contribution in [0.3, 0.4) is 0 Å². The quantitative estimate of drug-likeness (QED) is 0.808. The third-order valence-corrected chi connectivity index (χ3v) is 1.75. The lowest BCUT2D eigenvalue weighted by Gasteiger charge is -2.15. The monoisotopic (exact) mass is 224 g/mol. The number of nitrogens with two attached hydrogens (primary N) is 2. The van der Waals surface area contributed by atoms with E-state index in [2.05, 4.69) is 13.8 Å². The molecule has 1 aromatic carbocycles. The van der Waals surface area contributed by atoms with Crippen molar-refractivity contribution in [2.24, 2.45) is 11.5 Å². The molecular weight excluding hydrogens is 196 g/mol. The summed E-state index contributed by atoms with van der Waals surface area (Å²) in [5, 5.41) is 0. The molecule has 0 bridgehead atoms. The molecule has 0 saturated carbocycles. The first kappa shape index (κ1) is 17.5. The van der Waals surface area contributed by atoms with Gasteiger partial charge in [0.1, 0.15) is 0 Å². The second-order valence-electron chi connectivity index (χ2n) is 3.50. The molecule has 0 aromatic heterocycles. The van der Waals surface area contributed by atoms with Gasteiger partial charge in [-0.1, -0.05) is 64.4 Å². The number of hydrogen-bond donors (Lipinski definition) is 2. The highest BCUT2D eigenvalue weighted by Crippen LogP contribution is 2.11. The summed E-state index contributed by atoms with van der Waals surface area (Å²) in [5.41, 5.74) is 12.6. The number of hydrogen-bond acceptors (Lipinski definition) is 2. The Labute approximate surface area is 101 Å². The average Bonchev–Trinajstić information content (AvgIpc) is 2.33. The van der Waals surface area contributed by atoms with Crippen LogP contribution in [0.15, 0.2) is 30.3 Å². The van der Waals surface area contributed by atoms with Gasteiger partial charge in [0.15, 0.2) is 0 Å². The summed E-state index contributed by atoms with van der Waals surface area (Å²) >= 11 is 0. The molecule has 2 heteroatoms. The Morgan fingerprint density at radius 2 is 1.38 bits per heavy atom. The second-order valence-corrected chi connectivity index (χ2v) is 3.50. The van der Waals surface area contributed by atoms with Gasteiger partial charge in [-0.15, -0.1) is 0 Å². The van der Waals surface area contributed by atoms with Gasteiger partial charge in [0.2, 0.25) is 0 Å². The molecule has 2 unspecified atom stereocenters. The summed E-state index contributed by atoms with van der Waals surface area (Å²) in [6, 6.07) is 9.86. The first-order valence-electron chi connectivity index (χ1n) is 6.19. The zero-order valence-corrected chi connectivity index (χ0v) is 11.4. The van der Waals surface area contributed by atoms with Crippen LogP contribution in [0.5, 0.6) is 0 Å². The molecule has 4 N–H and O–H groups in total. The molecule has 0 saturated heterocycles. The SMILES string of the molecule is CC.CC(N)C(N)c1ccccc1.CCC. The molecule has 0 aliphatic rings. The standard InChI is InChI=1S/C9H14N2.C3H8.C2H6/c1-7(10)9(11)8-5-3-2-4-6-8;1-3-2;1-2/h2-7,9H,10-11H2,1H3;3H2,1-2H3;1-2H3. The molecule has 0 aliphatic heterocycles. The molecule has 16 heavy (non-hydrogen) atoms. The van der Waals surface area contributed by atoms with Gasteiger partial charge in [0.05, 0.1) is 0 Å². The fourth-order valence-corrected chi connectivity index (χ4v) is 0.979. The summed E-state index contributed by atoms with van der Waals surface area (Å²) in [6.07, 6.45) is 1.25. The minimum atomic E-state index is -0.0452. The lowest BCUT2D eigenvalue weighted by molar-refractivity contribution is 0.589. The maximum absolute atomic E-state index is 5.81. The van der Waals surface area contributed by atoms with Gasteiger partial charge in [-0.05, 0) is 12.5 Å². The third-order valence-electron chi connectivity index (χ3n) is 1.75. The summed E-state index contributed by atoms with van der Waals surface area (Å²) in [5.74, 6) is 0. The van der Waals surface area contributed by atoms with Crippen molar-refractivity contribution in [1.82, 2.24) is 0 Å². The highest BCUT2D eigenvalue weighted by molar-refractivity contribution is 5.19. The summed E-state index contributed by atoms with van der Waals surface area (Å²) < 4.78 is 0. The minimum Gasteiger partial charge on any atom is -0.326 e. The van der Waals surface area contributed by atoms with E-state index in [0.29, 0.717) is 0 Å². The van der Waals surface area contributed by atoms with E-state index in [1.165, 1.54) is 6.42 Å². The van der Waals surface area contributed by atoms with Crippen molar-refractivity contribution in [3.8, 4) is 0 Å². The number of benzene rings is 1. The number of rotatable bonds is 2. The fraction of sp³-hybridized carbons (Fsp3) is 0.571. The van der Waals surface area contributed by atoms with Crippen molar-refractivity contribution >= 4 is 0 Å². The van der Waals surface area contributed by atoms with Crippen LogP contribution in [0.2, 0.25) is 0 Å². The van der Waals surface area contributed by atoms with Crippen molar-refractivity contribution in [1.29, 1.82) is 0 Å². The Bertz CT molecular complexity index is 219. The van der Waals surface area contributed by atoms with E-state index in [9.17, 15) is 0 Å². The van der Waals surface area contributed by atoms with Crippen molar-refractivity contribution in [3.05, 3.63) is 35.9 Å². The van der Waals surface area contributed by atoms with E-state index in [4.69, 9.17) is 11.5 Å². The van der Waals surface area contributed by atoms with Gasteiger partial charge in [0, 0.05) is 12.1 Å². The normalized spacial score (nSPS) is 12.4. The largest absolute Gasteiger partial charge is 0.326 e. The van der Waals surface area contributed by atoms with Gasteiger partial charge >= 0.3 is 0 Å². The lowest BCUT2D eigenvalue weighted by atomic mass is 10.0. The van der Waals surface area contributed by atoms with E-state index in [0.717, 1.165) is 5.56 Å². The summed E-state index contributed by atoms with van der Waals surface area (Å²) in [4.78, 5) is 0. The highest BCUT2D eigenvalue weighted by Gasteiger charge is 2.08. The van der Waals surface area contributed by atoms with Crippen LogP contribution in [0.4, 0.5) is 0 Å². The van der Waals surface area contributed by atoms with Crippen LogP contribution in [-0.4, -0.2) is 6.04 Å². The van der Waals surface area contributed by atoms with Crippen LogP contribution in [0.25, 0.3) is 0 Å². The van der Waals surface area contributed by atoms with Crippen LogP contribution in [-0.2, 0) is 0 Å². The molecule has 94 valence electrons. The second kappa shape index (κ2) is 12.2.